The summed E-state index contributed by atoms with van der Waals surface area (Å²) in [5, 5.41) is 2.54. The number of hydrogen-bond acceptors (Lipinski definition) is 2. The van der Waals surface area contributed by atoms with Crippen molar-refractivity contribution >= 4 is 27.7 Å². The van der Waals surface area contributed by atoms with Crippen molar-refractivity contribution in [1.29, 1.82) is 0 Å². The van der Waals surface area contributed by atoms with Crippen LogP contribution in [0.15, 0.2) is 66.7 Å². The number of hydrogen-bond donors (Lipinski definition) is 0. The summed E-state index contributed by atoms with van der Waals surface area (Å²) in [5.41, 5.74) is 3.46. The molecule has 1 saturated heterocycles. The Bertz CT molecular complexity index is 1260. The van der Waals surface area contributed by atoms with Gasteiger partial charge in [0.15, 0.2) is 0 Å². The van der Waals surface area contributed by atoms with Crippen LogP contribution in [-0.2, 0) is 11.3 Å². The quantitative estimate of drug-likeness (QED) is 0.447. The molecule has 31 heavy (non-hydrogen) atoms. The molecule has 1 unspecified atom stereocenters. The van der Waals surface area contributed by atoms with E-state index in [0.29, 0.717) is 18.4 Å². The van der Waals surface area contributed by atoms with Crippen molar-refractivity contribution in [1.82, 2.24) is 14.5 Å². The van der Waals surface area contributed by atoms with Gasteiger partial charge in [-0.25, -0.2) is 4.98 Å². The van der Waals surface area contributed by atoms with E-state index in [1.807, 2.05) is 6.07 Å². The van der Waals surface area contributed by atoms with Gasteiger partial charge in [0.2, 0.25) is 5.91 Å². The molecular formula is C27H27N3O. The summed E-state index contributed by atoms with van der Waals surface area (Å²) in [4.78, 5) is 20.1. The SMILES string of the molecule is O=C1CC(c2nc3ccccc3n2Cc2cccc3ccccc23)CN1C1CCCC1. The second-order valence-electron chi connectivity index (χ2n) is 9.07. The van der Waals surface area contributed by atoms with Crippen molar-refractivity contribution in [3.8, 4) is 0 Å². The van der Waals surface area contributed by atoms with E-state index in [4.69, 9.17) is 4.98 Å². The van der Waals surface area contributed by atoms with Gasteiger partial charge in [-0.1, -0.05) is 67.4 Å². The Balaban J connectivity index is 1.41. The third-order valence-electron chi connectivity index (χ3n) is 7.18. The summed E-state index contributed by atoms with van der Waals surface area (Å²) in [5.74, 6) is 1.53. The van der Waals surface area contributed by atoms with Gasteiger partial charge in [0.05, 0.1) is 11.0 Å². The lowest BCUT2D eigenvalue weighted by Crippen LogP contribution is -2.34. The van der Waals surface area contributed by atoms with E-state index in [1.165, 1.54) is 29.2 Å². The van der Waals surface area contributed by atoms with Gasteiger partial charge in [-0.15, -0.1) is 0 Å². The Morgan fingerprint density at radius 1 is 0.903 bits per heavy atom. The van der Waals surface area contributed by atoms with Gasteiger partial charge in [0.1, 0.15) is 5.82 Å². The van der Waals surface area contributed by atoms with Crippen LogP contribution in [0.25, 0.3) is 21.8 Å². The van der Waals surface area contributed by atoms with Crippen LogP contribution in [-0.4, -0.2) is 32.9 Å². The second-order valence-corrected chi connectivity index (χ2v) is 9.07. The molecule has 1 aliphatic carbocycles. The van der Waals surface area contributed by atoms with Gasteiger partial charge < -0.3 is 9.47 Å². The molecule has 1 amide bonds. The molecule has 2 aliphatic rings. The summed E-state index contributed by atoms with van der Waals surface area (Å²) in [6.45, 7) is 1.58. The lowest BCUT2D eigenvalue weighted by atomic mass is 10.0. The molecule has 0 radical (unpaired) electrons. The number of benzene rings is 3. The monoisotopic (exact) mass is 409 g/mol. The van der Waals surface area contributed by atoms with Gasteiger partial charge >= 0.3 is 0 Å². The third kappa shape index (κ3) is 3.21. The summed E-state index contributed by atoms with van der Waals surface area (Å²) in [7, 11) is 0. The molecule has 1 aliphatic heterocycles. The number of para-hydroxylation sites is 2. The van der Waals surface area contributed by atoms with Crippen LogP contribution in [0.1, 0.15) is 49.4 Å². The number of likely N-dealkylation sites (tertiary alicyclic amines) is 1. The van der Waals surface area contributed by atoms with Crippen LogP contribution in [0, 0.1) is 0 Å². The largest absolute Gasteiger partial charge is 0.339 e. The predicted octanol–water partition coefficient (Wildman–Crippen LogP) is 5.50. The number of fused-ring (bicyclic) bond motifs is 2. The number of amides is 1. The zero-order valence-electron chi connectivity index (χ0n) is 17.7. The predicted molar refractivity (Wildman–Crippen MR) is 124 cm³/mol. The topological polar surface area (TPSA) is 38.1 Å². The molecule has 0 bridgehead atoms. The molecule has 1 atom stereocenters. The summed E-state index contributed by atoms with van der Waals surface area (Å²) < 4.78 is 2.35. The molecule has 2 heterocycles. The maximum Gasteiger partial charge on any atom is 0.223 e. The summed E-state index contributed by atoms with van der Waals surface area (Å²) >= 11 is 0. The number of aromatic nitrogens is 2. The first kappa shape index (κ1) is 18.6. The van der Waals surface area contributed by atoms with Crippen molar-refractivity contribution in [2.24, 2.45) is 0 Å². The molecule has 156 valence electrons. The van der Waals surface area contributed by atoms with Crippen LogP contribution in [0.5, 0.6) is 0 Å². The Morgan fingerprint density at radius 2 is 1.68 bits per heavy atom. The highest BCUT2D eigenvalue weighted by atomic mass is 16.2. The van der Waals surface area contributed by atoms with Crippen LogP contribution in [0.3, 0.4) is 0 Å². The van der Waals surface area contributed by atoms with E-state index in [2.05, 4.69) is 70.1 Å². The normalized spacial score (nSPS) is 19.8. The maximum atomic E-state index is 12.9. The van der Waals surface area contributed by atoms with E-state index in [1.54, 1.807) is 0 Å². The minimum atomic E-state index is 0.162. The zero-order valence-corrected chi connectivity index (χ0v) is 17.7. The Kier molecular flexibility index (Phi) is 4.52. The third-order valence-corrected chi connectivity index (χ3v) is 7.18. The van der Waals surface area contributed by atoms with Crippen molar-refractivity contribution in [2.45, 2.75) is 50.6 Å². The summed E-state index contributed by atoms with van der Waals surface area (Å²) in [6, 6.07) is 23.9. The lowest BCUT2D eigenvalue weighted by Gasteiger charge is -2.24. The number of carbonyl (C=O) groups excluding carboxylic acids is 1. The molecule has 4 aromatic rings. The zero-order chi connectivity index (χ0) is 20.8. The molecule has 0 N–H and O–H groups in total. The van der Waals surface area contributed by atoms with Crippen molar-refractivity contribution in [2.75, 3.05) is 6.54 Å². The van der Waals surface area contributed by atoms with Gasteiger partial charge in [-0.05, 0) is 41.3 Å². The highest BCUT2D eigenvalue weighted by Crippen LogP contribution is 2.35. The second kappa shape index (κ2) is 7.52. The number of rotatable bonds is 4. The lowest BCUT2D eigenvalue weighted by molar-refractivity contribution is -0.129. The van der Waals surface area contributed by atoms with Gasteiger partial charge in [-0.3, -0.25) is 4.79 Å². The van der Waals surface area contributed by atoms with Crippen LogP contribution in [0.4, 0.5) is 0 Å². The minimum absolute atomic E-state index is 0.162. The molecule has 2 fully saturated rings. The van der Waals surface area contributed by atoms with Crippen molar-refractivity contribution in [3.05, 3.63) is 78.1 Å². The van der Waals surface area contributed by atoms with Gasteiger partial charge in [-0.2, -0.15) is 0 Å². The Hall–Kier alpha value is -3.14. The highest BCUT2D eigenvalue weighted by Gasteiger charge is 2.38. The highest BCUT2D eigenvalue weighted by molar-refractivity contribution is 5.86. The standard InChI is InChI=1S/C27H27N3O/c31-26-16-21(18-29(26)22-11-2-3-12-22)27-28-24-14-5-6-15-25(24)30(27)17-20-10-7-9-19-8-1-4-13-23(19)20/h1,4-10,13-15,21-22H,2-3,11-12,16-18H2. The van der Waals surface area contributed by atoms with E-state index in [-0.39, 0.29) is 5.92 Å². The smallest absolute Gasteiger partial charge is 0.223 e. The Labute approximate surface area is 182 Å². The van der Waals surface area contributed by atoms with E-state index in [9.17, 15) is 4.79 Å². The fraction of sp³-hybridized carbons (Fsp3) is 0.333. The molecule has 4 heteroatoms. The van der Waals surface area contributed by atoms with Crippen molar-refractivity contribution < 1.29 is 4.79 Å². The first-order valence-electron chi connectivity index (χ1n) is 11.5. The number of nitrogens with zero attached hydrogens (tertiary/aromatic N) is 3. The molecule has 1 saturated carbocycles. The molecule has 1 aromatic heterocycles. The van der Waals surface area contributed by atoms with E-state index < -0.39 is 0 Å². The van der Waals surface area contributed by atoms with Crippen molar-refractivity contribution in [3.63, 3.8) is 0 Å². The molecule has 0 spiro atoms. The first-order valence-corrected chi connectivity index (χ1v) is 11.5. The fourth-order valence-corrected chi connectivity index (χ4v) is 5.65. The summed E-state index contributed by atoms with van der Waals surface area (Å²) in [6.07, 6.45) is 5.39. The first-order chi connectivity index (χ1) is 15.3. The number of imidazole rings is 1. The molecule has 6 rings (SSSR count). The van der Waals surface area contributed by atoms with Crippen LogP contribution in [0.2, 0.25) is 0 Å². The van der Waals surface area contributed by atoms with Crippen LogP contribution >= 0.6 is 0 Å². The van der Waals surface area contributed by atoms with Gasteiger partial charge in [0, 0.05) is 31.5 Å². The Morgan fingerprint density at radius 3 is 2.58 bits per heavy atom. The minimum Gasteiger partial charge on any atom is -0.339 e. The van der Waals surface area contributed by atoms with Crippen LogP contribution < -0.4 is 0 Å². The maximum absolute atomic E-state index is 12.9. The molecular weight excluding hydrogens is 382 g/mol. The van der Waals surface area contributed by atoms with Gasteiger partial charge in [0.25, 0.3) is 0 Å². The molecule has 4 nitrogen and oxygen atoms in total. The average molecular weight is 410 g/mol. The average Bonchev–Trinajstić information content (AvgIpc) is 3.53. The van der Waals surface area contributed by atoms with E-state index >= 15 is 0 Å². The van der Waals surface area contributed by atoms with E-state index in [0.717, 1.165) is 42.8 Å². The number of carbonyl (C=O) groups is 1. The molecule has 3 aromatic carbocycles. The fourth-order valence-electron chi connectivity index (χ4n) is 5.65.